The summed E-state index contributed by atoms with van der Waals surface area (Å²) < 4.78 is 5.26. The maximum atomic E-state index is 14.9. The van der Waals surface area contributed by atoms with Gasteiger partial charge in [0.15, 0.2) is 11.6 Å². The van der Waals surface area contributed by atoms with Crippen LogP contribution in [0.15, 0.2) is 120 Å². The summed E-state index contributed by atoms with van der Waals surface area (Å²) in [6, 6.07) is 31.3. The van der Waals surface area contributed by atoms with Gasteiger partial charge in [-0.3, -0.25) is 48.2 Å². The highest BCUT2D eigenvalue weighted by atomic mass is 32.1. The molecule has 24 heteroatoms. The number of methoxy groups -OCH3 is 1. The zero-order valence-corrected chi connectivity index (χ0v) is 69.0. The second-order valence-corrected chi connectivity index (χ2v) is 33.5. The number of carboxylic acids is 2. The number of ketones is 2. The van der Waals surface area contributed by atoms with E-state index in [1.165, 1.54) is 11.3 Å². The molecule has 111 heavy (non-hydrogen) atoms. The first kappa shape index (κ1) is 89.9. The zero-order chi connectivity index (χ0) is 81.2. The molecule has 2 fully saturated rings. The Morgan fingerprint density at radius 1 is 0.523 bits per heavy atom. The number of Topliss-reactive ketones (excluding diaryl/α,β-unsaturated/α-hetero) is 2. The van der Waals surface area contributed by atoms with Crippen LogP contribution in [0.25, 0.3) is 0 Å². The molecule has 4 heterocycles. The van der Waals surface area contributed by atoms with Gasteiger partial charge in [0.05, 0.1) is 31.0 Å². The van der Waals surface area contributed by atoms with E-state index in [9.17, 15) is 63.9 Å². The SMILES string of the molecule is CCC(C)C(CC(=O)C1CCCCN1C)C(=O)N(Cc1ccccc1)[C@H](C[C@@H](O)c1nc(C(=O)N[C@@H](Cc2ccc(O)cc2)C[C@H](C)C(=O)O)cs1)C(C)C.CCC(C)C(CC(=O)C1CCCCN1C)C(=O)N(Cc1ccccc1)[C@H](C[C@@H](O)c1nc(C(=O)N[C@@H](Cc2ccc(OC)cc2)C[C@H](C)C(=O)O)cs1)C(C)C. The summed E-state index contributed by atoms with van der Waals surface area (Å²) in [7, 11) is 5.57. The molecule has 0 spiro atoms. The number of likely N-dealkylation sites (tertiary alicyclic amines) is 2. The Labute approximate surface area is 665 Å². The van der Waals surface area contributed by atoms with Crippen molar-refractivity contribution in [3.05, 3.63) is 164 Å². The number of rotatable bonds is 41. The molecule has 7 N–H and O–H groups in total. The number of likely N-dealkylation sites (N-methyl/N-ethyl adjacent to an activating group) is 2. The number of hydrogen-bond acceptors (Lipinski definition) is 18. The van der Waals surface area contributed by atoms with Gasteiger partial charge in [0.25, 0.3) is 11.8 Å². The summed E-state index contributed by atoms with van der Waals surface area (Å²) in [5, 5.41) is 62.1. The zero-order valence-electron chi connectivity index (χ0n) is 67.3. The number of benzene rings is 4. The quantitative estimate of drug-likeness (QED) is 0.0188. The van der Waals surface area contributed by atoms with Crippen LogP contribution in [0, 0.1) is 47.3 Å². The number of aliphatic carboxylic acids is 2. The van der Waals surface area contributed by atoms with E-state index in [1.807, 2.05) is 157 Å². The third kappa shape index (κ3) is 27.0. The lowest BCUT2D eigenvalue weighted by molar-refractivity contribution is -0.145. The summed E-state index contributed by atoms with van der Waals surface area (Å²) in [5.74, 6) is -4.58. The first-order chi connectivity index (χ1) is 52.9. The van der Waals surface area contributed by atoms with Gasteiger partial charge in [0.1, 0.15) is 45.1 Å². The molecule has 606 valence electrons. The third-order valence-electron chi connectivity index (χ3n) is 22.6. The Hall–Kier alpha value is -8.26. The number of nitrogens with zero attached hydrogens (tertiary/aromatic N) is 6. The van der Waals surface area contributed by atoms with Crippen molar-refractivity contribution < 1.29 is 68.6 Å². The molecule has 0 radical (unpaired) electrons. The molecule has 4 aromatic carbocycles. The standard InChI is InChI=1S/C44H62N4O7S.C43H60N4O7S/c1-8-29(4)35(24-39(49)37-16-12-13-21-47(37)6)43(52)48(26-32-14-10-9-11-15-32)38(28(2)3)25-40(50)42-46-36(27-56-42)41(51)45-33(22-30(5)44(53)54)23-31-17-19-34(55-7)20-18-31;1-7-28(4)34(23-38(49)36-15-11-12-20-46(36)6)42(52)47(25-31-13-9-8-10-14-31)37(27(2)3)24-39(50)41-45-35(26-55-41)40(51)44-32(21-29(5)43(53)54)22-30-16-18-33(48)19-17-30/h9-11,14-15,17-20,27-30,33,35,37-38,40,50H,8,12-13,16,21-26H2,1-7H3,(H,45,51)(H,53,54);8-10,13-14,16-19,26-29,32,34,36-37,39,48,50H,7,11-12,15,20-25H2,1-6H3,(H,44,51)(H,53,54)/t29?,30-,33+,35?,37?,38+,40+;28?,29-,32+,34?,36?,37+,39+/m00/s1. The van der Waals surface area contributed by atoms with Crippen LogP contribution < -0.4 is 15.4 Å². The van der Waals surface area contributed by atoms with Crippen LogP contribution in [0.1, 0.15) is 225 Å². The van der Waals surface area contributed by atoms with Gasteiger partial charge in [-0.25, -0.2) is 9.97 Å². The Kier molecular flexibility index (Phi) is 35.9. The highest BCUT2D eigenvalue weighted by Gasteiger charge is 2.41. The lowest BCUT2D eigenvalue weighted by Gasteiger charge is -2.39. The van der Waals surface area contributed by atoms with Gasteiger partial charge < -0.3 is 50.7 Å². The number of aliphatic hydroxyl groups excluding tert-OH is 2. The van der Waals surface area contributed by atoms with Crippen LogP contribution in [-0.2, 0) is 54.7 Å². The van der Waals surface area contributed by atoms with E-state index in [0.717, 1.165) is 98.0 Å². The second kappa shape index (κ2) is 44.3. The molecule has 0 saturated carbocycles. The van der Waals surface area contributed by atoms with Gasteiger partial charge in [-0.1, -0.05) is 180 Å². The number of amides is 4. The number of hydrogen-bond donors (Lipinski definition) is 7. The van der Waals surface area contributed by atoms with Crippen molar-refractivity contribution in [3.8, 4) is 11.5 Å². The van der Waals surface area contributed by atoms with Crippen molar-refractivity contribution in [2.24, 2.45) is 47.3 Å². The van der Waals surface area contributed by atoms with Crippen molar-refractivity contribution in [3.63, 3.8) is 0 Å². The van der Waals surface area contributed by atoms with Gasteiger partial charge in [-0.2, -0.15) is 0 Å². The second-order valence-electron chi connectivity index (χ2n) is 31.7. The van der Waals surface area contributed by atoms with Crippen LogP contribution >= 0.6 is 22.7 Å². The maximum absolute atomic E-state index is 14.9. The fourth-order valence-electron chi connectivity index (χ4n) is 15.2. The van der Waals surface area contributed by atoms with E-state index in [2.05, 4.69) is 37.3 Å². The minimum Gasteiger partial charge on any atom is -0.508 e. The smallest absolute Gasteiger partial charge is 0.306 e. The minimum atomic E-state index is -1.08. The number of nitrogens with one attached hydrogen (secondary N) is 2. The number of phenolic OH excluding ortho intramolecular Hbond substituents is 1. The van der Waals surface area contributed by atoms with Crippen molar-refractivity contribution >= 4 is 69.8 Å². The number of piperidine rings is 2. The lowest BCUT2D eigenvalue weighted by atomic mass is 9.82. The summed E-state index contributed by atoms with van der Waals surface area (Å²) in [4.78, 5) is 125. The van der Waals surface area contributed by atoms with Gasteiger partial charge in [0.2, 0.25) is 11.8 Å². The normalized spacial score (nSPS) is 18.1. The van der Waals surface area contributed by atoms with Crippen molar-refractivity contribution in [2.45, 2.75) is 234 Å². The van der Waals surface area contributed by atoms with Gasteiger partial charge in [-0.05, 0) is 149 Å². The van der Waals surface area contributed by atoms with E-state index in [0.29, 0.717) is 41.7 Å². The summed E-state index contributed by atoms with van der Waals surface area (Å²) in [6.07, 6.45) is 6.98. The number of carbonyl (C=O) groups excluding carboxylic acids is 6. The van der Waals surface area contributed by atoms with Gasteiger partial charge in [-0.15, -0.1) is 22.7 Å². The molecular formula is C87H122N8O14S2. The highest BCUT2D eigenvalue weighted by molar-refractivity contribution is 7.10. The van der Waals surface area contributed by atoms with E-state index in [-0.39, 0.29) is 115 Å². The minimum absolute atomic E-state index is 0.0246. The summed E-state index contributed by atoms with van der Waals surface area (Å²) >= 11 is 2.33. The number of aromatic hydroxyl groups is 1. The Bertz CT molecular complexity index is 3910. The fourth-order valence-corrected chi connectivity index (χ4v) is 16.8. The average Bonchev–Trinajstić information content (AvgIpc) is 1.56. The number of aliphatic hydroxyl groups is 2. The molecule has 0 aliphatic carbocycles. The predicted octanol–water partition coefficient (Wildman–Crippen LogP) is 14.1. The van der Waals surface area contributed by atoms with E-state index >= 15 is 0 Å². The molecule has 2 aliphatic heterocycles. The average molecular weight is 1570 g/mol. The van der Waals surface area contributed by atoms with Crippen molar-refractivity contribution in [1.29, 1.82) is 0 Å². The van der Waals surface area contributed by atoms with Crippen LogP contribution in [0.2, 0.25) is 0 Å². The van der Waals surface area contributed by atoms with Crippen LogP contribution in [-0.4, -0.2) is 173 Å². The number of carbonyl (C=O) groups is 8. The molecule has 6 unspecified atom stereocenters. The molecule has 2 aromatic heterocycles. The van der Waals surface area contributed by atoms with Crippen molar-refractivity contribution in [1.82, 2.24) is 40.2 Å². The predicted molar refractivity (Wildman–Crippen MR) is 434 cm³/mol. The Balaban J connectivity index is 0.000000308. The monoisotopic (exact) mass is 1570 g/mol. The maximum Gasteiger partial charge on any atom is 0.306 e. The third-order valence-corrected chi connectivity index (χ3v) is 24.5. The molecule has 0 bridgehead atoms. The summed E-state index contributed by atoms with van der Waals surface area (Å²) in [5.41, 5.74) is 3.89. The molecule has 14 atom stereocenters. The van der Waals surface area contributed by atoms with E-state index < -0.39 is 83.8 Å². The fraction of sp³-hybridized carbons (Fsp3) is 0.563. The Morgan fingerprint density at radius 3 is 1.23 bits per heavy atom. The number of carboxylic acid groups (broad SMARTS) is 2. The van der Waals surface area contributed by atoms with Gasteiger partial charge >= 0.3 is 11.9 Å². The molecular weight excluding hydrogens is 1450 g/mol. The molecule has 2 aliphatic rings. The number of phenols is 1. The largest absolute Gasteiger partial charge is 0.508 e. The number of aromatic nitrogens is 2. The molecule has 22 nitrogen and oxygen atoms in total. The molecule has 8 rings (SSSR count). The van der Waals surface area contributed by atoms with Gasteiger partial charge in [0, 0.05) is 85.5 Å². The molecule has 2 saturated heterocycles. The van der Waals surface area contributed by atoms with Crippen LogP contribution in [0.3, 0.4) is 0 Å². The van der Waals surface area contributed by atoms with Crippen molar-refractivity contribution in [2.75, 3.05) is 34.3 Å². The number of thiazole rings is 2. The van der Waals surface area contributed by atoms with Crippen LogP contribution in [0.4, 0.5) is 0 Å². The molecule has 6 aromatic rings. The number of ether oxygens (including phenoxy) is 1. The Morgan fingerprint density at radius 2 is 0.892 bits per heavy atom. The van der Waals surface area contributed by atoms with E-state index in [1.54, 1.807) is 56.0 Å². The lowest BCUT2D eigenvalue weighted by Crippen LogP contribution is -2.49. The molecule has 4 amide bonds. The summed E-state index contributed by atoms with van der Waals surface area (Å²) in [6.45, 7) is 21.9. The topological polar surface area (TPSA) is 310 Å². The first-order valence-electron chi connectivity index (χ1n) is 39.8. The van der Waals surface area contributed by atoms with E-state index in [4.69, 9.17) is 4.74 Å². The highest BCUT2D eigenvalue weighted by Crippen LogP contribution is 2.36. The van der Waals surface area contributed by atoms with Crippen LogP contribution in [0.5, 0.6) is 11.5 Å². The first-order valence-corrected chi connectivity index (χ1v) is 41.6.